The van der Waals surface area contributed by atoms with Gasteiger partial charge in [0.2, 0.25) is 0 Å². The monoisotopic (exact) mass is 436 g/mol. The molecule has 0 saturated heterocycles. The third kappa shape index (κ3) is 4.03. The predicted molar refractivity (Wildman–Crippen MR) is 115 cm³/mol. The lowest BCUT2D eigenvalue weighted by Gasteiger charge is -2.11. The number of nitrogens with zero attached hydrogens (tertiary/aromatic N) is 3. The smallest absolute Gasteiger partial charge is 0.280 e. The summed E-state index contributed by atoms with van der Waals surface area (Å²) in [5.74, 6) is -0.256. The normalized spacial score (nSPS) is 13.6. The van der Waals surface area contributed by atoms with Crippen molar-refractivity contribution in [2.75, 3.05) is 5.32 Å². The molecule has 0 radical (unpaired) electrons. The van der Waals surface area contributed by atoms with Crippen LogP contribution in [0.3, 0.4) is 0 Å². The molecule has 1 aliphatic rings. The van der Waals surface area contributed by atoms with Crippen molar-refractivity contribution in [2.45, 2.75) is 35.0 Å². The summed E-state index contributed by atoms with van der Waals surface area (Å²) >= 11 is 1.53. The Morgan fingerprint density at radius 2 is 1.84 bits per heavy atom. The van der Waals surface area contributed by atoms with Gasteiger partial charge in [0, 0.05) is 21.4 Å². The highest BCUT2D eigenvalue weighted by Gasteiger charge is 2.29. The molecule has 31 heavy (non-hydrogen) atoms. The number of hydrogen-bond acceptors (Lipinski definition) is 4. The Morgan fingerprint density at radius 3 is 2.58 bits per heavy atom. The maximum atomic E-state index is 13.6. The second-order valence-electron chi connectivity index (χ2n) is 7.34. The first-order valence-electron chi connectivity index (χ1n) is 9.90. The molecule has 1 aliphatic carbocycles. The highest BCUT2D eigenvalue weighted by Crippen LogP contribution is 2.40. The number of aromatic nitrogens is 3. The molecule has 4 aromatic rings. The quantitative estimate of drug-likeness (QED) is 0.406. The number of nitrogens with one attached hydrogen (secondary N) is 1. The van der Waals surface area contributed by atoms with Gasteiger partial charge in [0.1, 0.15) is 11.3 Å². The van der Waals surface area contributed by atoms with E-state index in [2.05, 4.69) is 15.4 Å². The molecule has 1 amide bonds. The van der Waals surface area contributed by atoms with Gasteiger partial charge in [-0.05, 0) is 43.2 Å². The number of para-hydroxylation sites is 1. The highest BCUT2D eigenvalue weighted by atomic mass is 32.2. The molecule has 0 bridgehead atoms. The Morgan fingerprint density at radius 1 is 1.10 bits per heavy atom. The average Bonchev–Trinajstić information content (AvgIpc) is 3.54. The topological polar surface area (TPSA) is 59.3 Å². The van der Waals surface area contributed by atoms with Gasteiger partial charge in [-0.25, -0.2) is 18.3 Å². The first-order chi connectivity index (χ1) is 15.1. The SMILES string of the molecule is O=C(Nc1ccccc1Sc1ccccc1)c1cnn2c(C(F)F)cc(C3CC3)nc12. The largest absolute Gasteiger partial charge is 0.321 e. The summed E-state index contributed by atoms with van der Waals surface area (Å²) < 4.78 is 28.2. The van der Waals surface area contributed by atoms with Gasteiger partial charge in [-0.2, -0.15) is 5.10 Å². The number of amides is 1. The van der Waals surface area contributed by atoms with E-state index in [0.29, 0.717) is 11.4 Å². The van der Waals surface area contributed by atoms with Crippen LogP contribution in [0.4, 0.5) is 14.5 Å². The van der Waals surface area contributed by atoms with Crippen LogP contribution in [0.1, 0.15) is 46.9 Å². The fourth-order valence-corrected chi connectivity index (χ4v) is 4.30. The zero-order valence-electron chi connectivity index (χ0n) is 16.3. The minimum atomic E-state index is -2.71. The second-order valence-corrected chi connectivity index (χ2v) is 8.46. The second kappa shape index (κ2) is 8.11. The molecule has 1 saturated carbocycles. The summed E-state index contributed by atoms with van der Waals surface area (Å²) in [6, 6.07) is 18.7. The van der Waals surface area contributed by atoms with Gasteiger partial charge in [0.05, 0.1) is 11.9 Å². The highest BCUT2D eigenvalue weighted by molar-refractivity contribution is 7.99. The molecule has 2 aromatic carbocycles. The molecule has 5 rings (SSSR count). The number of rotatable bonds is 6. The predicted octanol–water partition coefficient (Wildman–Crippen LogP) is 5.95. The van der Waals surface area contributed by atoms with Crippen LogP contribution in [0.5, 0.6) is 0 Å². The Hall–Kier alpha value is -3.26. The molecule has 2 heterocycles. The molecule has 1 fully saturated rings. The summed E-state index contributed by atoms with van der Waals surface area (Å²) in [5.41, 5.74) is 1.31. The fraction of sp³-hybridized carbons (Fsp3) is 0.174. The maximum Gasteiger partial charge on any atom is 0.280 e. The Balaban J connectivity index is 1.48. The summed E-state index contributed by atoms with van der Waals surface area (Å²) in [7, 11) is 0. The third-order valence-corrected chi connectivity index (χ3v) is 6.17. The Bertz CT molecular complexity index is 1260. The number of hydrogen-bond donors (Lipinski definition) is 1. The van der Waals surface area contributed by atoms with Crippen molar-refractivity contribution < 1.29 is 13.6 Å². The van der Waals surface area contributed by atoms with Crippen LogP contribution in [0.2, 0.25) is 0 Å². The fourth-order valence-electron chi connectivity index (χ4n) is 3.37. The van der Waals surface area contributed by atoms with E-state index in [4.69, 9.17) is 0 Å². The average molecular weight is 436 g/mol. The van der Waals surface area contributed by atoms with E-state index in [0.717, 1.165) is 27.1 Å². The number of carbonyl (C=O) groups excluding carboxylic acids is 1. The first-order valence-corrected chi connectivity index (χ1v) is 10.7. The van der Waals surface area contributed by atoms with Crippen molar-refractivity contribution in [2.24, 2.45) is 0 Å². The standard InChI is InChI=1S/C23H18F2N4OS/c24-21(25)19-12-18(14-10-11-14)27-22-16(13-26-29(19)22)23(30)28-17-8-4-5-9-20(17)31-15-6-2-1-3-7-15/h1-9,12-14,21H,10-11H2,(H,28,30). The molecule has 0 aliphatic heterocycles. The van der Waals surface area contributed by atoms with Crippen LogP contribution >= 0.6 is 11.8 Å². The number of fused-ring (bicyclic) bond motifs is 1. The Kier molecular flexibility index (Phi) is 5.15. The number of halogens is 2. The van der Waals surface area contributed by atoms with Crippen molar-refractivity contribution in [3.8, 4) is 0 Å². The van der Waals surface area contributed by atoms with E-state index < -0.39 is 12.3 Å². The van der Waals surface area contributed by atoms with Crippen molar-refractivity contribution in [1.29, 1.82) is 0 Å². The minimum Gasteiger partial charge on any atom is -0.321 e. The lowest BCUT2D eigenvalue weighted by atomic mass is 10.2. The molecule has 2 aromatic heterocycles. The van der Waals surface area contributed by atoms with Gasteiger partial charge >= 0.3 is 0 Å². The van der Waals surface area contributed by atoms with E-state index in [1.165, 1.54) is 24.0 Å². The summed E-state index contributed by atoms with van der Waals surface area (Å²) in [4.78, 5) is 19.5. The van der Waals surface area contributed by atoms with E-state index in [-0.39, 0.29) is 22.8 Å². The molecule has 8 heteroatoms. The lowest BCUT2D eigenvalue weighted by Crippen LogP contribution is -2.13. The molecular weight excluding hydrogens is 418 g/mol. The zero-order valence-corrected chi connectivity index (χ0v) is 17.2. The molecule has 0 unspecified atom stereocenters. The van der Waals surface area contributed by atoms with Gasteiger partial charge in [-0.3, -0.25) is 4.79 Å². The van der Waals surface area contributed by atoms with Crippen LogP contribution in [0.15, 0.2) is 76.7 Å². The molecule has 0 spiro atoms. The molecule has 5 nitrogen and oxygen atoms in total. The first kappa shape index (κ1) is 19.7. The molecule has 156 valence electrons. The molecule has 0 atom stereocenters. The molecular formula is C23H18F2N4OS. The van der Waals surface area contributed by atoms with Gasteiger partial charge in [0.15, 0.2) is 5.65 Å². The Labute approximate surface area is 181 Å². The summed E-state index contributed by atoms with van der Waals surface area (Å²) in [6.45, 7) is 0. The minimum absolute atomic E-state index is 0.158. The lowest BCUT2D eigenvalue weighted by molar-refractivity contribution is 0.102. The zero-order chi connectivity index (χ0) is 21.4. The summed E-state index contributed by atoms with van der Waals surface area (Å²) in [5, 5.41) is 6.92. The van der Waals surface area contributed by atoms with Crippen LogP contribution in [-0.4, -0.2) is 20.5 Å². The van der Waals surface area contributed by atoms with Crippen LogP contribution in [0.25, 0.3) is 5.65 Å². The van der Waals surface area contributed by atoms with E-state index in [1.807, 2.05) is 54.6 Å². The van der Waals surface area contributed by atoms with Crippen molar-refractivity contribution in [3.63, 3.8) is 0 Å². The third-order valence-electron chi connectivity index (χ3n) is 5.09. The van der Waals surface area contributed by atoms with Crippen molar-refractivity contribution in [3.05, 3.63) is 83.8 Å². The van der Waals surface area contributed by atoms with Gasteiger partial charge in [-0.15, -0.1) is 0 Å². The van der Waals surface area contributed by atoms with Gasteiger partial charge in [0.25, 0.3) is 12.3 Å². The van der Waals surface area contributed by atoms with Crippen molar-refractivity contribution >= 4 is 29.0 Å². The van der Waals surface area contributed by atoms with Crippen LogP contribution in [-0.2, 0) is 0 Å². The number of benzene rings is 2. The van der Waals surface area contributed by atoms with Crippen molar-refractivity contribution in [1.82, 2.24) is 14.6 Å². The van der Waals surface area contributed by atoms with E-state index in [1.54, 1.807) is 0 Å². The van der Waals surface area contributed by atoms with Crippen LogP contribution in [0, 0.1) is 0 Å². The number of anilines is 1. The summed E-state index contributed by atoms with van der Waals surface area (Å²) in [6.07, 6.45) is 0.437. The van der Waals surface area contributed by atoms with E-state index >= 15 is 0 Å². The maximum absolute atomic E-state index is 13.6. The number of carbonyl (C=O) groups is 1. The number of alkyl halides is 2. The van der Waals surface area contributed by atoms with Gasteiger partial charge in [-0.1, -0.05) is 42.1 Å². The van der Waals surface area contributed by atoms with Gasteiger partial charge < -0.3 is 5.32 Å². The molecule has 1 N–H and O–H groups in total. The van der Waals surface area contributed by atoms with Crippen LogP contribution < -0.4 is 5.32 Å². The van der Waals surface area contributed by atoms with E-state index in [9.17, 15) is 13.6 Å².